The van der Waals surface area contributed by atoms with Gasteiger partial charge in [0, 0.05) is 47.0 Å². The third-order valence-electron chi connectivity index (χ3n) is 5.04. The van der Waals surface area contributed by atoms with E-state index >= 15 is 0 Å². The molecule has 2 N–H and O–H groups in total. The molecule has 0 atom stereocenters. The number of rotatable bonds is 6. The fourth-order valence-electron chi connectivity index (χ4n) is 3.48. The Morgan fingerprint density at radius 1 is 0.812 bits per heavy atom. The van der Waals surface area contributed by atoms with Crippen LogP contribution in [-0.4, -0.2) is 30.0 Å². The Kier molecular flexibility index (Phi) is 6.87. The highest BCUT2D eigenvalue weighted by molar-refractivity contribution is 7.99. The van der Waals surface area contributed by atoms with Crippen molar-refractivity contribution in [2.45, 2.75) is 17.7 Å². The minimum atomic E-state index is -0.246. The maximum atomic E-state index is 12.7. The third kappa shape index (κ3) is 5.36. The number of carbonyl (C=O) groups excluding carboxylic acids is 3. The van der Waals surface area contributed by atoms with Crippen LogP contribution in [0.5, 0.6) is 0 Å². The molecule has 0 saturated carbocycles. The summed E-state index contributed by atoms with van der Waals surface area (Å²) in [7, 11) is 0. The van der Waals surface area contributed by atoms with E-state index in [-0.39, 0.29) is 30.6 Å². The van der Waals surface area contributed by atoms with Gasteiger partial charge in [0.25, 0.3) is 5.91 Å². The highest BCUT2D eigenvalue weighted by Crippen LogP contribution is 2.34. The van der Waals surface area contributed by atoms with E-state index in [4.69, 9.17) is 0 Å². The number of nitrogens with zero attached hydrogens (tertiary/aromatic N) is 1. The summed E-state index contributed by atoms with van der Waals surface area (Å²) in [5.74, 6) is 0.317. The lowest BCUT2D eigenvalue weighted by Crippen LogP contribution is -2.35. The number of benzene rings is 3. The zero-order valence-corrected chi connectivity index (χ0v) is 18.2. The van der Waals surface area contributed by atoms with Gasteiger partial charge in [-0.3, -0.25) is 14.4 Å². The van der Waals surface area contributed by atoms with Crippen LogP contribution in [0.1, 0.15) is 23.2 Å². The number of hydrogen-bond acceptors (Lipinski definition) is 4. The van der Waals surface area contributed by atoms with Crippen LogP contribution in [0.25, 0.3) is 0 Å². The molecule has 0 unspecified atom stereocenters. The summed E-state index contributed by atoms with van der Waals surface area (Å²) < 4.78 is 0. The van der Waals surface area contributed by atoms with E-state index in [2.05, 4.69) is 10.6 Å². The fourth-order valence-corrected chi connectivity index (χ4v) is 4.47. The van der Waals surface area contributed by atoms with Gasteiger partial charge < -0.3 is 15.5 Å². The Labute approximate surface area is 191 Å². The molecule has 0 fully saturated rings. The summed E-state index contributed by atoms with van der Waals surface area (Å²) in [5, 5.41) is 5.63. The summed E-state index contributed by atoms with van der Waals surface area (Å²) in [6.45, 7) is 0.644. The van der Waals surface area contributed by atoms with E-state index in [1.807, 2.05) is 30.3 Å². The second-order valence-corrected chi connectivity index (χ2v) is 8.45. The maximum Gasteiger partial charge on any atom is 0.255 e. The van der Waals surface area contributed by atoms with Crippen molar-refractivity contribution in [3.63, 3.8) is 0 Å². The lowest BCUT2D eigenvalue weighted by atomic mass is 10.2. The van der Waals surface area contributed by atoms with Crippen molar-refractivity contribution >= 4 is 46.5 Å². The van der Waals surface area contributed by atoms with Crippen molar-refractivity contribution in [1.29, 1.82) is 0 Å². The van der Waals surface area contributed by atoms with Crippen LogP contribution in [0, 0.1) is 0 Å². The van der Waals surface area contributed by atoms with Crippen molar-refractivity contribution in [2.75, 3.05) is 27.8 Å². The van der Waals surface area contributed by atoms with Gasteiger partial charge in [-0.25, -0.2) is 0 Å². The third-order valence-corrected chi connectivity index (χ3v) is 6.08. The van der Waals surface area contributed by atoms with E-state index in [0.717, 1.165) is 16.3 Å². The van der Waals surface area contributed by atoms with Crippen molar-refractivity contribution in [2.24, 2.45) is 0 Å². The highest BCUT2D eigenvalue weighted by atomic mass is 32.2. The van der Waals surface area contributed by atoms with Gasteiger partial charge in [0.1, 0.15) is 0 Å². The Bertz CT molecular complexity index is 1130. The monoisotopic (exact) mass is 445 g/mol. The SMILES string of the molecule is O=C(CCC(=O)N1CCSc2ccccc21)Nc1cccc(NC(=O)c2ccccc2)c1. The van der Waals surface area contributed by atoms with Crippen molar-refractivity contribution in [3.8, 4) is 0 Å². The molecule has 4 rings (SSSR count). The van der Waals surface area contributed by atoms with Gasteiger partial charge in [0.2, 0.25) is 11.8 Å². The van der Waals surface area contributed by atoms with Gasteiger partial charge in [-0.2, -0.15) is 0 Å². The molecule has 3 aromatic rings. The number of thioether (sulfide) groups is 1. The van der Waals surface area contributed by atoms with Crippen LogP contribution in [0.4, 0.5) is 17.1 Å². The second-order valence-electron chi connectivity index (χ2n) is 7.31. The minimum absolute atomic E-state index is 0.0585. The van der Waals surface area contributed by atoms with Crippen LogP contribution in [-0.2, 0) is 9.59 Å². The first-order chi connectivity index (χ1) is 15.6. The summed E-state index contributed by atoms with van der Waals surface area (Å²) in [6, 6.07) is 23.7. The van der Waals surface area contributed by atoms with Crippen LogP contribution in [0.15, 0.2) is 83.8 Å². The summed E-state index contributed by atoms with van der Waals surface area (Å²) in [4.78, 5) is 40.3. The predicted octanol–water partition coefficient (Wildman–Crippen LogP) is 4.80. The molecule has 3 amide bonds. The van der Waals surface area contributed by atoms with Gasteiger partial charge in [0.05, 0.1) is 5.69 Å². The minimum Gasteiger partial charge on any atom is -0.326 e. The van der Waals surface area contributed by atoms with Crippen LogP contribution >= 0.6 is 11.8 Å². The van der Waals surface area contributed by atoms with Gasteiger partial charge in [-0.05, 0) is 42.5 Å². The van der Waals surface area contributed by atoms with E-state index in [0.29, 0.717) is 23.5 Å². The average molecular weight is 446 g/mol. The molecule has 32 heavy (non-hydrogen) atoms. The molecule has 1 aliphatic rings. The number of amides is 3. The standard InChI is InChI=1S/C25H23N3O3S/c29-23(13-14-24(30)28-15-16-32-22-12-5-4-11-21(22)28)26-19-9-6-10-20(17-19)27-25(31)18-7-2-1-3-8-18/h1-12,17H,13-16H2,(H,26,29)(H,27,31). The molecule has 3 aromatic carbocycles. The first kappa shape index (κ1) is 21.6. The van der Waals surface area contributed by atoms with Crippen molar-refractivity contribution < 1.29 is 14.4 Å². The van der Waals surface area contributed by atoms with Gasteiger partial charge in [-0.1, -0.05) is 36.4 Å². The quantitative estimate of drug-likeness (QED) is 0.572. The molecule has 7 heteroatoms. The summed E-state index contributed by atoms with van der Waals surface area (Å²) >= 11 is 1.74. The number of carbonyl (C=O) groups is 3. The van der Waals surface area contributed by atoms with E-state index in [9.17, 15) is 14.4 Å². The molecular weight excluding hydrogens is 422 g/mol. The molecule has 0 aliphatic carbocycles. The zero-order chi connectivity index (χ0) is 22.3. The predicted molar refractivity (Wildman–Crippen MR) is 128 cm³/mol. The number of para-hydroxylation sites is 1. The molecular formula is C25H23N3O3S. The summed E-state index contributed by atoms with van der Waals surface area (Å²) in [6.07, 6.45) is 0.223. The number of hydrogen-bond donors (Lipinski definition) is 2. The Morgan fingerprint density at radius 2 is 1.53 bits per heavy atom. The van der Waals surface area contributed by atoms with Crippen LogP contribution in [0.2, 0.25) is 0 Å². The number of nitrogens with one attached hydrogen (secondary N) is 2. The normalized spacial score (nSPS) is 12.6. The van der Waals surface area contributed by atoms with Crippen molar-refractivity contribution in [1.82, 2.24) is 0 Å². The first-order valence-electron chi connectivity index (χ1n) is 10.4. The fraction of sp³-hybridized carbons (Fsp3) is 0.160. The van der Waals surface area contributed by atoms with Gasteiger partial charge in [0.15, 0.2) is 0 Å². The zero-order valence-electron chi connectivity index (χ0n) is 17.4. The molecule has 0 saturated heterocycles. The molecule has 0 aromatic heterocycles. The molecule has 0 spiro atoms. The lowest BCUT2D eigenvalue weighted by molar-refractivity contribution is -0.122. The van der Waals surface area contributed by atoms with Crippen LogP contribution in [0.3, 0.4) is 0 Å². The largest absolute Gasteiger partial charge is 0.326 e. The molecule has 1 heterocycles. The van der Waals surface area contributed by atoms with E-state index < -0.39 is 0 Å². The molecule has 0 radical (unpaired) electrons. The molecule has 6 nitrogen and oxygen atoms in total. The summed E-state index contributed by atoms with van der Waals surface area (Å²) in [5.41, 5.74) is 2.61. The van der Waals surface area contributed by atoms with Crippen molar-refractivity contribution in [3.05, 3.63) is 84.4 Å². The first-order valence-corrected chi connectivity index (χ1v) is 11.4. The van der Waals surface area contributed by atoms with E-state index in [1.165, 1.54) is 0 Å². The Morgan fingerprint density at radius 3 is 2.34 bits per heavy atom. The average Bonchev–Trinajstić information content (AvgIpc) is 2.83. The number of fused-ring (bicyclic) bond motifs is 1. The van der Waals surface area contributed by atoms with Gasteiger partial charge >= 0.3 is 0 Å². The van der Waals surface area contributed by atoms with Gasteiger partial charge in [-0.15, -0.1) is 11.8 Å². The topological polar surface area (TPSA) is 78.5 Å². The lowest BCUT2D eigenvalue weighted by Gasteiger charge is -2.29. The van der Waals surface area contributed by atoms with Crippen LogP contribution < -0.4 is 15.5 Å². The Hall–Kier alpha value is -3.58. The molecule has 1 aliphatic heterocycles. The van der Waals surface area contributed by atoms with E-state index in [1.54, 1.807) is 65.2 Å². The molecule has 0 bridgehead atoms. The number of anilines is 3. The second kappa shape index (κ2) is 10.2. The smallest absolute Gasteiger partial charge is 0.255 e. The maximum absolute atomic E-state index is 12.7. The molecule has 162 valence electrons. The Balaban J connectivity index is 1.31. The highest BCUT2D eigenvalue weighted by Gasteiger charge is 2.22.